The summed E-state index contributed by atoms with van der Waals surface area (Å²) >= 11 is 0. The third-order valence-corrected chi connectivity index (χ3v) is 3.05. The first-order valence-corrected chi connectivity index (χ1v) is 5.80. The number of carbonyl (C=O) groups is 1. The van der Waals surface area contributed by atoms with Gasteiger partial charge in [0.15, 0.2) is 0 Å². The highest BCUT2D eigenvalue weighted by Crippen LogP contribution is 2.32. The van der Waals surface area contributed by atoms with Crippen molar-refractivity contribution in [2.24, 2.45) is 7.05 Å². The molecule has 1 amide bonds. The molecule has 0 saturated heterocycles. The van der Waals surface area contributed by atoms with Crippen LogP contribution in [0.1, 0.15) is 17.2 Å². The lowest BCUT2D eigenvalue weighted by atomic mass is 10.1. The van der Waals surface area contributed by atoms with Crippen LogP contribution in [0.4, 0.5) is 11.4 Å². The highest BCUT2D eigenvalue weighted by atomic mass is 16.2. The predicted molar refractivity (Wildman–Crippen MR) is 69.4 cm³/mol. The van der Waals surface area contributed by atoms with Crippen molar-refractivity contribution in [1.82, 2.24) is 9.78 Å². The number of hydrogen-bond acceptors (Lipinski definition) is 3. The molecule has 0 fully saturated rings. The maximum absolute atomic E-state index is 12.0. The number of benzene rings is 1. The van der Waals surface area contributed by atoms with Crippen LogP contribution in [0.15, 0.2) is 30.6 Å². The van der Waals surface area contributed by atoms with Crippen LogP contribution in [0.2, 0.25) is 0 Å². The summed E-state index contributed by atoms with van der Waals surface area (Å²) in [6.07, 6.45) is 3.55. The molecule has 1 aliphatic rings. The van der Waals surface area contributed by atoms with Gasteiger partial charge in [0.25, 0.3) is 5.91 Å². The minimum atomic E-state index is -0.381. The summed E-state index contributed by atoms with van der Waals surface area (Å²) in [6.45, 7) is 2.03. The van der Waals surface area contributed by atoms with Crippen molar-refractivity contribution in [3.05, 3.63) is 41.7 Å². The van der Waals surface area contributed by atoms with E-state index in [0.717, 1.165) is 22.5 Å². The molecule has 2 aromatic rings. The van der Waals surface area contributed by atoms with Gasteiger partial charge >= 0.3 is 0 Å². The molecule has 0 aliphatic carbocycles. The van der Waals surface area contributed by atoms with Gasteiger partial charge in [0, 0.05) is 18.8 Å². The number of aromatic nitrogens is 2. The second-order valence-corrected chi connectivity index (χ2v) is 4.56. The number of fused-ring (bicyclic) bond motifs is 1. The first-order valence-electron chi connectivity index (χ1n) is 5.80. The molecular weight excluding hydrogens is 228 g/mol. The molecular formula is C13H14N4O. The number of hydrogen-bond donors (Lipinski definition) is 2. The molecule has 1 aromatic carbocycles. The number of nitrogens with one attached hydrogen (secondary N) is 2. The fraction of sp³-hybridized carbons (Fsp3) is 0.231. The summed E-state index contributed by atoms with van der Waals surface area (Å²) in [7, 11) is 1.84. The number of nitrogens with zero attached hydrogens (tertiary/aromatic N) is 2. The van der Waals surface area contributed by atoms with E-state index in [1.165, 1.54) is 0 Å². The molecule has 3 rings (SSSR count). The molecule has 0 radical (unpaired) electrons. The molecule has 1 atom stereocenters. The largest absolute Gasteiger partial charge is 0.368 e. The Morgan fingerprint density at radius 3 is 2.89 bits per heavy atom. The monoisotopic (exact) mass is 242 g/mol. The molecule has 1 aliphatic heterocycles. The summed E-state index contributed by atoms with van der Waals surface area (Å²) in [5.41, 5.74) is 3.79. The van der Waals surface area contributed by atoms with Gasteiger partial charge in [-0.05, 0) is 24.6 Å². The van der Waals surface area contributed by atoms with Crippen molar-refractivity contribution in [3.8, 4) is 0 Å². The van der Waals surface area contributed by atoms with Gasteiger partial charge in [0.2, 0.25) is 0 Å². The van der Waals surface area contributed by atoms with Crippen LogP contribution in [0.5, 0.6) is 0 Å². The fourth-order valence-corrected chi connectivity index (χ4v) is 2.14. The maximum atomic E-state index is 12.0. The number of aryl methyl sites for hydroxylation is 2. The average molecular weight is 242 g/mol. The van der Waals surface area contributed by atoms with Gasteiger partial charge in [-0.2, -0.15) is 5.10 Å². The summed E-state index contributed by atoms with van der Waals surface area (Å²) < 4.78 is 1.69. The van der Waals surface area contributed by atoms with Gasteiger partial charge in [0.1, 0.15) is 6.04 Å². The van der Waals surface area contributed by atoms with Crippen LogP contribution in [-0.2, 0) is 11.8 Å². The quantitative estimate of drug-likeness (QED) is 0.802. The predicted octanol–water partition coefficient (Wildman–Crippen LogP) is 1.83. The van der Waals surface area contributed by atoms with E-state index in [-0.39, 0.29) is 11.9 Å². The van der Waals surface area contributed by atoms with E-state index in [9.17, 15) is 4.79 Å². The van der Waals surface area contributed by atoms with Crippen molar-refractivity contribution in [2.45, 2.75) is 13.0 Å². The van der Waals surface area contributed by atoms with Crippen LogP contribution < -0.4 is 10.6 Å². The zero-order chi connectivity index (χ0) is 12.7. The van der Waals surface area contributed by atoms with E-state index in [4.69, 9.17) is 0 Å². The molecule has 92 valence electrons. The van der Waals surface area contributed by atoms with Crippen molar-refractivity contribution in [2.75, 3.05) is 10.6 Å². The Bertz CT molecular complexity index is 617. The van der Waals surface area contributed by atoms with Crippen LogP contribution in [0, 0.1) is 6.92 Å². The van der Waals surface area contributed by atoms with E-state index in [1.807, 2.05) is 38.4 Å². The molecule has 1 aromatic heterocycles. The first kappa shape index (κ1) is 10.8. The van der Waals surface area contributed by atoms with Gasteiger partial charge in [0.05, 0.1) is 17.6 Å². The average Bonchev–Trinajstić information content (AvgIpc) is 2.75. The lowest BCUT2D eigenvalue weighted by molar-refractivity contribution is -0.117. The summed E-state index contributed by atoms with van der Waals surface area (Å²) in [6, 6.07) is 5.53. The Morgan fingerprint density at radius 2 is 2.17 bits per heavy atom. The highest BCUT2D eigenvalue weighted by Gasteiger charge is 2.27. The lowest BCUT2D eigenvalue weighted by Crippen LogP contribution is -2.31. The van der Waals surface area contributed by atoms with E-state index in [2.05, 4.69) is 15.7 Å². The molecule has 5 heteroatoms. The molecule has 0 bridgehead atoms. The van der Waals surface area contributed by atoms with Crippen LogP contribution in [0.3, 0.4) is 0 Å². The molecule has 0 spiro atoms. The van der Waals surface area contributed by atoms with Crippen LogP contribution in [0.25, 0.3) is 0 Å². The second-order valence-electron chi connectivity index (χ2n) is 4.56. The smallest absolute Gasteiger partial charge is 0.251 e. The molecule has 2 N–H and O–H groups in total. The van der Waals surface area contributed by atoms with Gasteiger partial charge in [-0.3, -0.25) is 9.48 Å². The van der Waals surface area contributed by atoms with Crippen molar-refractivity contribution >= 4 is 17.3 Å². The lowest BCUT2D eigenvalue weighted by Gasteiger charge is -2.26. The Balaban J connectivity index is 1.98. The van der Waals surface area contributed by atoms with Crippen molar-refractivity contribution in [1.29, 1.82) is 0 Å². The molecule has 2 heterocycles. The van der Waals surface area contributed by atoms with Gasteiger partial charge in [-0.1, -0.05) is 6.07 Å². The molecule has 0 saturated carbocycles. The Kier molecular flexibility index (Phi) is 2.33. The Hall–Kier alpha value is -2.30. The SMILES string of the molecule is Cc1ccc2c(c1)NC(c1cnn(C)c1)C(=O)N2. The second kappa shape index (κ2) is 3.87. The van der Waals surface area contributed by atoms with Crippen LogP contribution in [-0.4, -0.2) is 15.7 Å². The zero-order valence-electron chi connectivity index (χ0n) is 10.3. The van der Waals surface area contributed by atoms with E-state index < -0.39 is 0 Å². The molecule has 18 heavy (non-hydrogen) atoms. The maximum Gasteiger partial charge on any atom is 0.251 e. The Morgan fingerprint density at radius 1 is 1.33 bits per heavy atom. The first-order chi connectivity index (χ1) is 8.63. The van der Waals surface area contributed by atoms with Crippen LogP contribution >= 0.6 is 0 Å². The van der Waals surface area contributed by atoms with Gasteiger partial charge in [-0.15, -0.1) is 0 Å². The van der Waals surface area contributed by atoms with Gasteiger partial charge in [-0.25, -0.2) is 0 Å². The fourth-order valence-electron chi connectivity index (χ4n) is 2.14. The number of carbonyl (C=O) groups excluding carboxylic acids is 1. The highest BCUT2D eigenvalue weighted by molar-refractivity contribution is 6.03. The third-order valence-electron chi connectivity index (χ3n) is 3.05. The zero-order valence-corrected chi connectivity index (χ0v) is 10.3. The van der Waals surface area contributed by atoms with Crippen molar-refractivity contribution < 1.29 is 4.79 Å². The minimum Gasteiger partial charge on any atom is -0.368 e. The van der Waals surface area contributed by atoms with E-state index in [0.29, 0.717) is 0 Å². The minimum absolute atomic E-state index is 0.0562. The summed E-state index contributed by atoms with van der Waals surface area (Å²) in [5, 5.41) is 10.3. The van der Waals surface area contributed by atoms with Crippen molar-refractivity contribution in [3.63, 3.8) is 0 Å². The van der Waals surface area contributed by atoms with E-state index >= 15 is 0 Å². The third kappa shape index (κ3) is 1.73. The molecule has 5 nitrogen and oxygen atoms in total. The standard InChI is InChI=1S/C13H14N4O/c1-8-3-4-10-11(5-8)15-12(13(18)16-10)9-6-14-17(2)7-9/h3-7,12,15H,1-2H3,(H,16,18). The topological polar surface area (TPSA) is 59.0 Å². The number of amides is 1. The summed E-state index contributed by atoms with van der Waals surface area (Å²) in [4.78, 5) is 12.0. The number of rotatable bonds is 1. The summed E-state index contributed by atoms with van der Waals surface area (Å²) in [5.74, 6) is -0.0562. The van der Waals surface area contributed by atoms with Gasteiger partial charge < -0.3 is 10.6 Å². The van der Waals surface area contributed by atoms with E-state index in [1.54, 1.807) is 10.9 Å². The Labute approximate surface area is 105 Å². The normalized spacial score (nSPS) is 17.9. The molecule has 1 unspecified atom stereocenters. The number of anilines is 2.